The van der Waals surface area contributed by atoms with Crippen LogP contribution in [0, 0.1) is 5.92 Å². The van der Waals surface area contributed by atoms with Crippen molar-refractivity contribution >= 4 is 62.9 Å². The van der Waals surface area contributed by atoms with Crippen LogP contribution in [0.1, 0.15) is 6.92 Å². The van der Waals surface area contributed by atoms with Gasteiger partial charge in [0, 0.05) is 19.9 Å². The van der Waals surface area contributed by atoms with Crippen molar-refractivity contribution in [1.82, 2.24) is 0 Å². The second-order valence-corrected chi connectivity index (χ2v) is 6.43. The molecule has 0 aliphatic carbocycles. The van der Waals surface area contributed by atoms with Gasteiger partial charge in [-0.1, -0.05) is 52.1 Å². The maximum atomic E-state index is 11.0. The van der Waals surface area contributed by atoms with Crippen molar-refractivity contribution < 1.29 is 9.53 Å². The average Bonchev–Trinajstić information content (AvgIpc) is 2.15. The van der Waals surface area contributed by atoms with Crippen molar-refractivity contribution in [3.63, 3.8) is 0 Å². The topological polar surface area (TPSA) is 26.3 Å². The summed E-state index contributed by atoms with van der Waals surface area (Å²) in [5.74, 6) is 1.90. The van der Waals surface area contributed by atoms with Gasteiger partial charge >= 0.3 is 5.97 Å². The van der Waals surface area contributed by atoms with Crippen molar-refractivity contribution in [3.05, 3.63) is 0 Å². The molecule has 0 aromatic carbocycles. The van der Waals surface area contributed by atoms with Gasteiger partial charge in [0.05, 0.1) is 13.0 Å². The highest BCUT2D eigenvalue weighted by Gasteiger charge is 2.13. The Labute approximate surface area is 111 Å². The Bertz CT molecular complexity index is 155. The zero-order valence-corrected chi connectivity index (χ0v) is 12.9. The second-order valence-electron chi connectivity index (χ2n) is 2.71. The molecule has 0 saturated heterocycles. The number of methoxy groups -OCH3 is 1. The number of halogens is 2. The smallest absolute Gasteiger partial charge is 0.309 e. The summed E-state index contributed by atoms with van der Waals surface area (Å²) in [7, 11) is 1.44. The molecule has 0 rings (SSSR count). The van der Waals surface area contributed by atoms with E-state index in [0.29, 0.717) is 3.92 Å². The number of carbonyl (C=O) groups excluding carboxylic acids is 1. The molecule has 0 amide bonds. The van der Waals surface area contributed by atoms with Gasteiger partial charge in [0.1, 0.15) is 0 Å². The van der Waals surface area contributed by atoms with Crippen LogP contribution in [0.5, 0.6) is 0 Å². The van der Waals surface area contributed by atoms with E-state index in [1.54, 1.807) is 0 Å². The minimum Gasteiger partial charge on any atom is -0.469 e. The third-order valence-corrected chi connectivity index (χ3v) is 7.04. The van der Waals surface area contributed by atoms with Gasteiger partial charge in [0.2, 0.25) is 0 Å². The first-order chi connectivity index (χ1) is 6.11. The molecule has 0 bridgehead atoms. The molecule has 5 heteroatoms. The normalized spacial score (nSPS) is 15.1. The first-order valence-electron chi connectivity index (χ1n) is 3.97. The molecule has 0 aromatic rings. The van der Waals surface area contributed by atoms with Gasteiger partial charge in [0.15, 0.2) is 0 Å². The fourth-order valence-electron chi connectivity index (χ4n) is 0.686. The van der Waals surface area contributed by atoms with E-state index in [1.165, 1.54) is 7.11 Å². The number of alkyl halides is 2. The van der Waals surface area contributed by atoms with Crippen molar-refractivity contribution in [2.45, 2.75) is 10.8 Å². The van der Waals surface area contributed by atoms with Crippen LogP contribution in [-0.4, -0.2) is 32.9 Å². The summed E-state index contributed by atoms with van der Waals surface area (Å²) in [5.41, 5.74) is 0. The van der Waals surface area contributed by atoms with Crippen molar-refractivity contribution in [2.75, 3.05) is 23.0 Å². The summed E-state index contributed by atoms with van der Waals surface area (Å²) in [6, 6.07) is 0. The molecule has 0 aromatic heterocycles. The Balaban J connectivity index is 3.47. The largest absolute Gasteiger partial charge is 0.469 e. The number of rotatable bonds is 6. The molecule has 0 saturated carbocycles. The molecular weight excluding hydrogens is 414 g/mol. The van der Waals surface area contributed by atoms with Gasteiger partial charge in [-0.15, -0.1) is 0 Å². The molecule has 0 radical (unpaired) electrons. The van der Waals surface area contributed by atoms with Crippen LogP contribution >= 0.6 is 56.9 Å². The third kappa shape index (κ3) is 7.24. The van der Waals surface area contributed by atoms with E-state index in [-0.39, 0.29) is 11.9 Å². The summed E-state index contributed by atoms with van der Waals surface area (Å²) >= 11 is 6.64. The minimum absolute atomic E-state index is 0.0211. The van der Waals surface area contributed by atoms with E-state index < -0.39 is 0 Å². The minimum atomic E-state index is -0.105. The van der Waals surface area contributed by atoms with Gasteiger partial charge in [0.25, 0.3) is 0 Å². The number of carbonyl (C=O) groups is 1. The number of hydrogen-bond donors (Lipinski definition) is 0. The van der Waals surface area contributed by atoms with E-state index >= 15 is 0 Å². The summed E-state index contributed by atoms with van der Waals surface area (Å²) < 4.78 is 6.51. The van der Waals surface area contributed by atoms with Crippen LogP contribution in [0.2, 0.25) is 0 Å². The lowest BCUT2D eigenvalue weighted by Gasteiger charge is -2.09. The number of thioether (sulfide) groups is 1. The SMILES string of the molecule is COC(=O)C(C)CSCC(I)CI. The van der Waals surface area contributed by atoms with Gasteiger partial charge in [-0.3, -0.25) is 4.79 Å². The zero-order chi connectivity index (χ0) is 10.3. The first kappa shape index (κ1) is 14.3. The molecule has 0 N–H and O–H groups in total. The Morgan fingerprint density at radius 2 is 2.15 bits per heavy atom. The highest BCUT2D eigenvalue weighted by Crippen LogP contribution is 2.16. The highest BCUT2D eigenvalue weighted by molar-refractivity contribution is 14.1. The van der Waals surface area contributed by atoms with Crippen LogP contribution < -0.4 is 0 Å². The quantitative estimate of drug-likeness (QED) is 0.370. The van der Waals surface area contributed by atoms with E-state index in [1.807, 2.05) is 18.7 Å². The molecule has 0 aliphatic heterocycles. The lowest BCUT2D eigenvalue weighted by molar-refractivity contribution is -0.143. The number of esters is 1. The van der Waals surface area contributed by atoms with Crippen LogP contribution in [-0.2, 0) is 9.53 Å². The molecule has 2 nitrogen and oxygen atoms in total. The number of hydrogen-bond acceptors (Lipinski definition) is 3. The third-order valence-electron chi connectivity index (χ3n) is 1.44. The average molecular weight is 428 g/mol. The predicted octanol–water partition coefficient (Wildman–Crippen LogP) is 2.77. The van der Waals surface area contributed by atoms with Crippen LogP contribution in [0.15, 0.2) is 0 Å². The van der Waals surface area contributed by atoms with Crippen molar-refractivity contribution in [3.8, 4) is 0 Å². The maximum Gasteiger partial charge on any atom is 0.309 e. The zero-order valence-electron chi connectivity index (χ0n) is 7.76. The van der Waals surface area contributed by atoms with Crippen molar-refractivity contribution in [2.24, 2.45) is 5.92 Å². The van der Waals surface area contributed by atoms with E-state index in [0.717, 1.165) is 15.9 Å². The predicted molar refractivity (Wildman–Crippen MR) is 75.2 cm³/mol. The lowest BCUT2D eigenvalue weighted by Crippen LogP contribution is -2.16. The molecule has 2 atom stereocenters. The van der Waals surface area contributed by atoms with Gasteiger partial charge < -0.3 is 4.74 Å². The summed E-state index contributed by atoms with van der Waals surface area (Å²) in [6.07, 6.45) is 0. The Hall–Kier alpha value is 1.28. The fraction of sp³-hybridized carbons (Fsp3) is 0.875. The maximum absolute atomic E-state index is 11.0. The molecule has 78 valence electrons. The molecule has 0 aliphatic rings. The van der Waals surface area contributed by atoms with Crippen LogP contribution in [0.4, 0.5) is 0 Å². The summed E-state index contributed by atoms with van der Waals surface area (Å²) in [4.78, 5) is 11.0. The second kappa shape index (κ2) is 8.58. The summed E-state index contributed by atoms with van der Waals surface area (Å²) in [5, 5.41) is 0. The van der Waals surface area contributed by atoms with Crippen LogP contribution in [0.3, 0.4) is 0 Å². The van der Waals surface area contributed by atoms with E-state index in [2.05, 4.69) is 49.9 Å². The Kier molecular flexibility index (Phi) is 9.42. The van der Waals surface area contributed by atoms with Crippen molar-refractivity contribution in [1.29, 1.82) is 0 Å². The van der Waals surface area contributed by atoms with Crippen LogP contribution in [0.25, 0.3) is 0 Å². The van der Waals surface area contributed by atoms with E-state index in [4.69, 9.17) is 0 Å². The Morgan fingerprint density at radius 1 is 1.54 bits per heavy atom. The molecule has 0 heterocycles. The molecular formula is C8H14I2O2S. The molecule has 2 unspecified atom stereocenters. The van der Waals surface area contributed by atoms with Gasteiger partial charge in [-0.2, -0.15) is 11.8 Å². The monoisotopic (exact) mass is 428 g/mol. The standard InChI is InChI=1S/C8H14I2O2S/c1-6(8(11)12-2)4-13-5-7(10)3-9/h6-7H,3-5H2,1-2H3. The molecule has 0 fully saturated rings. The first-order valence-corrected chi connectivity index (χ1v) is 7.90. The van der Waals surface area contributed by atoms with Gasteiger partial charge in [-0.25, -0.2) is 0 Å². The molecule has 13 heavy (non-hydrogen) atoms. The number of ether oxygens (including phenoxy) is 1. The highest BCUT2D eigenvalue weighted by atomic mass is 127. The van der Waals surface area contributed by atoms with E-state index in [9.17, 15) is 4.79 Å². The lowest BCUT2D eigenvalue weighted by atomic mass is 10.2. The Morgan fingerprint density at radius 3 is 2.62 bits per heavy atom. The summed E-state index contributed by atoms with van der Waals surface area (Å²) in [6.45, 7) is 1.91. The fourth-order valence-corrected chi connectivity index (χ4v) is 3.18. The molecule has 0 spiro atoms. The van der Waals surface area contributed by atoms with Gasteiger partial charge in [-0.05, 0) is 0 Å².